The van der Waals surface area contributed by atoms with Gasteiger partial charge in [-0.1, -0.05) is 42.0 Å². The van der Waals surface area contributed by atoms with Crippen molar-refractivity contribution in [3.8, 4) is 0 Å². The van der Waals surface area contributed by atoms with Crippen LogP contribution in [0, 0.1) is 19.8 Å². The van der Waals surface area contributed by atoms with Gasteiger partial charge in [0.2, 0.25) is 11.8 Å². The molecule has 0 unspecified atom stereocenters. The first-order chi connectivity index (χ1) is 15.4. The van der Waals surface area contributed by atoms with Crippen molar-refractivity contribution in [3.05, 3.63) is 89.5 Å². The Balaban J connectivity index is 1.42. The molecule has 2 N–H and O–H groups in total. The number of benzene rings is 3. The van der Waals surface area contributed by atoms with Crippen molar-refractivity contribution in [2.75, 3.05) is 22.1 Å². The molecule has 0 aromatic heterocycles. The third-order valence-corrected chi connectivity index (χ3v) is 5.59. The second-order valence-corrected chi connectivity index (χ2v) is 8.08. The maximum absolute atomic E-state index is 12.8. The lowest BCUT2D eigenvalue weighted by Crippen LogP contribution is -2.28. The highest BCUT2D eigenvalue weighted by molar-refractivity contribution is 6.06. The van der Waals surface area contributed by atoms with E-state index in [2.05, 4.69) is 10.6 Å². The average Bonchev–Trinajstić information content (AvgIpc) is 3.18. The Morgan fingerprint density at radius 3 is 2.44 bits per heavy atom. The summed E-state index contributed by atoms with van der Waals surface area (Å²) in [6, 6.07) is 22.0. The zero-order valence-corrected chi connectivity index (χ0v) is 18.1. The third kappa shape index (κ3) is 4.70. The molecule has 6 nitrogen and oxygen atoms in total. The highest BCUT2D eigenvalue weighted by Gasteiger charge is 2.35. The number of hydrogen-bond acceptors (Lipinski definition) is 3. The molecule has 32 heavy (non-hydrogen) atoms. The summed E-state index contributed by atoms with van der Waals surface area (Å²) in [5, 5.41) is 5.77. The molecule has 162 valence electrons. The van der Waals surface area contributed by atoms with E-state index in [0.29, 0.717) is 17.8 Å². The normalized spacial score (nSPS) is 15.5. The molecule has 0 bridgehead atoms. The Kier molecular flexibility index (Phi) is 6.03. The summed E-state index contributed by atoms with van der Waals surface area (Å²) in [7, 11) is 0. The largest absolute Gasteiger partial charge is 0.326 e. The zero-order valence-electron chi connectivity index (χ0n) is 18.1. The minimum atomic E-state index is -0.449. The summed E-state index contributed by atoms with van der Waals surface area (Å²) in [4.78, 5) is 39.5. The van der Waals surface area contributed by atoms with E-state index >= 15 is 0 Å². The van der Waals surface area contributed by atoms with Crippen molar-refractivity contribution in [2.45, 2.75) is 20.3 Å². The van der Waals surface area contributed by atoms with E-state index in [-0.39, 0.29) is 24.1 Å². The molecule has 0 aliphatic carbocycles. The van der Waals surface area contributed by atoms with Gasteiger partial charge < -0.3 is 15.5 Å². The fraction of sp³-hybridized carbons (Fsp3) is 0.192. The summed E-state index contributed by atoms with van der Waals surface area (Å²) in [6.45, 7) is 4.28. The van der Waals surface area contributed by atoms with Crippen LogP contribution in [0.25, 0.3) is 0 Å². The van der Waals surface area contributed by atoms with Gasteiger partial charge >= 0.3 is 0 Å². The summed E-state index contributed by atoms with van der Waals surface area (Å²) < 4.78 is 0. The SMILES string of the molecule is Cc1ccc(NC(=O)c2cccc(NC(=O)[C@@H]3CC(=O)N(c4ccccc4)C3)c2)c(C)c1. The second-order valence-electron chi connectivity index (χ2n) is 8.08. The minimum Gasteiger partial charge on any atom is -0.326 e. The number of nitrogens with zero attached hydrogens (tertiary/aromatic N) is 1. The standard InChI is InChI=1S/C26H25N3O3/c1-17-11-12-23(18(2)13-17)28-25(31)19-7-6-8-21(14-19)27-26(32)20-15-24(30)29(16-20)22-9-4-3-5-10-22/h3-14,20H,15-16H2,1-2H3,(H,27,32)(H,28,31)/t20-/m1/s1. The Bertz CT molecular complexity index is 1170. The minimum absolute atomic E-state index is 0.0713. The first kappa shape index (κ1) is 21.3. The molecule has 1 heterocycles. The fourth-order valence-corrected chi connectivity index (χ4v) is 3.87. The zero-order chi connectivity index (χ0) is 22.7. The molecule has 1 saturated heterocycles. The highest BCUT2D eigenvalue weighted by Crippen LogP contribution is 2.26. The predicted molar refractivity (Wildman–Crippen MR) is 126 cm³/mol. The molecule has 0 radical (unpaired) electrons. The van der Waals surface area contributed by atoms with Crippen LogP contribution in [0.15, 0.2) is 72.8 Å². The lowest BCUT2D eigenvalue weighted by molar-refractivity contribution is -0.122. The molecule has 3 aromatic carbocycles. The van der Waals surface area contributed by atoms with E-state index < -0.39 is 5.92 Å². The maximum Gasteiger partial charge on any atom is 0.255 e. The van der Waals surface area contributed by atoms with E-state index in [0.717, 1.165) is 22.5 Å². The van der Waals surface area contributed by atoms with E-state index in [1.165, 1.54) is 0 Å². The van der Waals surface area contributed by atoms with Gasteiger partial charge in [-0.25, -0.2) is 0 Å². The van der Waals surface area contributed by atoms with Gasteiger partial charge in [0.25, 0.3) is 5.91 Å². The molecular formula is C26H25N3O3. The predicted octanol–water partition coefficient (Wildman–Crippen LogP) is 4.55. The molecule has 6 heteroatoms. The molecule has 3 amide bonds. The van der Waals surface area contributed by atoms with Crippen LogP contribution >= 0.6 is 0 Å². The number of para-hydroxylation sites is 1. The van der Waals surface area contributed by atoms with Crippen LogP contribution in [0.1, 0.15) is 27.9 Å². The van der Waals surface area contributed by atoms with Crippen molar-refractivity contribution >= 4 is 34.8 Å². The van der Waals surface area contributed by atoms with Crippen molar-refractivity contribution in [2.24, 2.45) is 5.92 Å². The second kappa shape index (κ2) is 9.06. The van der Waals surface area contributed by atoms with Gasteiger partial charge in [0, 0.05) is 35.6 Å². The monoisotopic (exact) mass is 427 g/mol. The molecular weight excluding hydrogens is 402 g/mol. The first-order valence-electron chi connectivity index (χ1n) is 10.6. The van der Waals surface area contributed by atoms with Gasteiger partial charge in [-0.15, -0.1) is 0 Å². The molecule has 0 saturated carbocycles. The number of aryl methyl sites for hydroxylation is 2. The Hall–Kier alpha value is -3.93. The van der Waals surface area contributed by atoms with Crippen LogP contribution in [-0.2, 0) is 9.59 Å². The smallest absolute Gasteiger partial charge is 0.255 e. The van der Waals surface area contributed by atoms with Gasteiger partial charge in [-0.2, -0.15) is 0 Å². The summed E-state index contributed by atoms with van der Waals surface area (Å²) in [6.07, 6.45) is 0.160. The van der Waals surface area contributed by atoms with E-state index in [1.807, 2.05) is 62.4 Å². The van der Waals surface area contributed by atoms with Gasteiger partial charge in [-0.3, -0.25) is 14.4 Å². The summed E-state index contributed by atoms with van der Waals surface area (Å²) in [5.74, 6) is -1.00. The lowest BCUT2D eigenvalue weighted by atomic mass is 10.1. The summed E-state index contributed by atoms with van der Waals surface area (Å²) in [5.41, 5.74) is 4.61. The number of rotatable bonds is 5. The molecule has 3 aromatic rings. The molecule has 0 spiro atoms. The molecule has 1 aliphatic heterocycles. The van der Waals surface area contributed by atoms with Crippen LogP contribution in [0.4, 0.5) is 17.1 Å². The number of nitrogens with one attached hydrogen (secondary N) is 2. The Morgan fingerprint density at radius 2 is 1.69 bits per heavy atom. The van der Waals surface area contributed by atoms with Gasteiger partial charge in [-0.05, 0) is 55.8 Å². The van der Waals surface area contributed by atoms with Gasteiger partial charge in [0.1, 0.15) is 0 Å². The summed E-state index contributed by atoms with van der Waals surface area (Å²) >= 11 is 0. The number of carbonyl (C=O) groups is 3. The van der Waals surface area contributed by atoms with Crippen molar-refractivity contribution in [1.29, 1.82) is 0 Å². The van der Waals surface area contributed by atoms with Crippen LogP contribution in [0.3, 0.4) is 0 Å². The fourth-order valence-electron chi connectivity index (χ4n) is 3.87. The molecule has 1 aliphatic rings. The number of hydrogen-bond donors (Lipinski definition) is 2. The number of carbonyl (C=O) groups excluding carboxylic acids is 3. The van der Waals surface area contributed by atoms with Crippen LogP contribution < -0.4 is 15.5 Å². The molecule has 4 rings (SSSR count). The first-order valence-corrected chi connectivity index (χ1v) is 10.6. The van der Waals surface area contributed by atoms with Crippen molar-refractivity contribution in [3.63, 3.8) is 0 Å². The van der Waals surface area contributed by atoms with Gasteiger partial charge in [0.05, 0.1) is 5.92 Å². The Morgan fingerprint density at radius 1 is 0.906 bits per heavy atom. The maximum atomic E-state index is 12.8. The lowest BCUT2D eigenvalue weighted by Gasteiger charge is -2.16. The van der Waals surface area contributed by atoms with E-state index in [9.17, 15) is 14.4 Å². The average molecular weight is 428 g/mol. The van der Waals surface area contributed by atoms with Crippen molar-refractivity contribution in [1.82, 2.24) is 0 Å². The molecule has 1 atom stereocenters. The number of amides is 3. The van der Waals surface area contributed by atoms with Crippen LogP contribution in [0.5, 0.6) is 0 Å². The van der Waals surface area contributed by atoms with E-state index in [1.54, 1.807) is 29.2 Å². The number of anilines is 3. The quantitative estimate of drug-likeness (QED) is 0.627. The Labute approximate surface area is 187 Å². The molecule has 1 fully saturated rings. The van der Waals surface area contributed by atoms with Crippen LogP contribution in [0.2, 0.25) is 0 Å². The highest BCUT2D eigenvalue weighted by atomic mass is 16.2. The van der Waals surface area contributed by atoms with E-state index in [4.69, 9.17) is 0 Å². The van der Waals surface area contributed by atoms with Crippen LogP contribution in [-0.4, -0.2) is 24.3 Å². The third-order valence-electron chi connectivity index (χ3n) is 5.59. The van der Waals surface area contributed by atoms with Crippen molar-refractivity contribution < 1.29 is 14.4 Å². The van der Waals surface area contributed by atoms with Gasteiger partial charge in [0.15, 0.2) is 0 Å². The topological polar surface area (TPSA) is 78.5 Å².